The molecule has 0 radical (unpaired) electrons. The van der Waals surface area contributed by atoms with E-state index in [0.29, 0.717) is 6.54 Å². The lowest BCUT2D eigenvalue weighted by Gasteiger charge is -2.06. The van der Waals surface area contributed by atoms with Gasteiger partial charge in [0.1, 0.15) is 0 Å². The largest absolute Gasteiger partial charge is 0.760 e. The molecule has 0 saturated heterocycles. The zero-order valence-electron chi connectivity index (χ0n) is 9.35. The van der Waals surface area contributed by atoms with Crippen LogP contribution in [0.5, 0.6) is 0 Å². The number of benzene rings is 1. The van der Waals surface area contributed by atoms with Gasteiger partial charge < -0.3 is 4.55 Å². The van der Waals surface area contributed by atoms with Gasteiger partial charge in [-0.15, -0.1) is 0 Å². The molecule has 1 atom stereocenters. The van der Waals surface area contributed by atoms with Gasteiger partial charge in [-0.2, -0.15) is 0 Å². The SMILES string of the molecule is O=S([O-])NCCCCCCc1ccccc1. The minimum atomic E-state index is -2.10. The first-order chi connectivity index (χ1) is 7.79. The number of nitrogens with one attached hydrogen (secondary N) is 1. The standard InChI is InChI=1S/C12H19NO2S/c14-16(15)13-11-7-2-1-4-8-12-9-5-3-6-10-12/h3,5-6,9-10,13H,1-2,4,7-8,11H2,(H,14,15)/p-1. The summed E-state index contributed by atoms with van der Waals surface area (Å²) in [5.74, 6) is 0. The van der Waals surface area contributed by atoms with E-state index in [9.17, 15) is 8.76 Å². The van der Waals surface area contributed by atoms with Gasteiger partial charge in [-0.1, -0.05) is 43.2 Å². The van der Waals surface area contributed by atoms with Crippen molar-refractivity contribution in [3.63, 3.8) is 0 Å². The molecule has 0 aliphatic heterocycles. The summed E-state index contributed by atoms with van der Waals surface area (Å²) in [6, 6.07) is 10.4. The Morgan fingerprint density at radius 2 is 1.75 bits per heavy atom. The van der Waals surface area contributed by atoms with Crippen molar-refractivity contribution in [2.45, 2.75) is 32.1 Å². The maximum Gasteiger partial charge on any atom is 0.0181 e. The first-order valence-electron chi connectivity index (χ1n) is 5.66. The van der Waals surface area contributed by atoms with Crippen molar-refractivity contribution in [1.29, 1.82) is 0 Å². The topological polar surface area (TPSA) is 52.2 Å². The molecule has 0 aliphatic rings. The summed E-state index contributed by atoms with van der Waals surface area (Å²) in [5.41, 5.74) is 1.38. The van der Waals surface area contributed by atoms with Gasteiger partial charge in [-0.3, -0.25) is 4.21 Å². The van der Waals surface area contributed by atoms with Gasteiger partial charge in [0.15, 0.2) is 0 Å². The van der Waals surface area contributed by atoms with Crippen LogP contribution in [0, 0.1) is 0 Å². The monoisotopic (exact) mass is 240 g/mol. The molecule has 0 aromatic heterocycles. The Hall–Kier alpha value is -0.710. The van der Waals surface area contributed by atoms with Gasteiger partial charge in [-0.05, 0) is 24.8 Å². The fourth-order valence-electron chi connectivity index (χ4n) is 1.61. The maximum atomic E-state index is 10.2. The highest BCUT2D eigenvalue weighted by molar-refractivity contribution is 7.77. The predicted octanol–water partition coefficient (Wildman–Crippen LogP) is 2.17. The molecule has 0 aliphatic carbocycles. The third-order valence-corrected chi connectivity index (χ3v) is 2.89. The molecule has 1 unspecified atom stereocenters. The first kappa shape index (κ1) is 13.4. The molecule has 4 heteroatoms. The molecule has 0 spiro atoms. The van der Waals surface area contributed by atoms with Crippen molar-refractivity contribution in [2.24, 2.45) is 0 Å². The van der Waals surface area contributed by atoms with E-state index >= 15 is 0 Å². The Kier molecular flexibility index (Phi) is 7.05. The quantitative estimate of drug-likeness (QED) is 0.559. The lowest BCUT2D eigenvalue weighted by Crippen LogP contribution is -2.17. The Morgan fingerprint density at radius 1 is 1.06 bits per heavy atom. The molecule has 1 N–H and O–H groups in total. The number of hydrogen-bond acceptors (Lipinski definition) is 2. The summed E-state index contributed by atoms with van der Waals surface area (Å²) in [5, 5.41) is 0. The third-order valence-electron chi connectivity index (χ3n) is 2.45. The summed E-state index contributed by atoms with van der Waals surface area (Å²) >= 11 is -2.10. The van der Waals surface area contributed by atoms with Crippen molar-refractivity contribution >= 4 is 11.3 Å². The van der Waals surface area contributed by atoms with Gasteiger partial charge in [0.25, 0.3) is 0 Å². The van der Waals surface area contributed by atoms with Crippen LogP contribution in [0.25, 0.3) is 0 Å². The van der Waals surface area contributed by atoms with E-state index in [-0.39, 0.29) is 0 Å². The maximum absolute atomic E-state index is 10.2. The molecule has 0 fully saturated rings. The number of unbranched alkanes of at least 4 members (excludes halogenated alkanes) is 3. The summed E-state index contributed by atoms with van der Waals surface area (Å²) in [6.45, 7) is 0.557. The first-order valence-corrected chi connectivity index (χ1v) is 6.73. The van der Waals surface area contributed by atoms with Crippen molar-refractivity contribution in [3.8, 4) is 0 Å². The normalized spacial score (nSPS) is 12.6. The van der Waals surface area contributed by atoms with Crippen molar-refractivity contribution in [2.75, 3.05) is 6.54 Å². The Morgan fingerprint density at radius 3 is 2.44 bits per heavy atom. The number of hydrogen-bond donors (Lipinski definition) is 1. The van der Waals surface area contributed by atoms with E-state index < -0.39 is 11.3 Å². The highest BCUT2D eigenvalue weighted by Crippen LogP contribution is 2.07. The van der Waals surface area contributed by atoms with Crippen LogP contribution >= 0.6 is 0 Å². The molecule has 1 aromatic rings. The zero-order valence-corrected chi connectivity index (χ0v) is 10.2. The van der Waals surface area contributed by atoms with Crippen molar-refractivity contribution in [3.05, 3.63) is 35.9 Å². The van der Waals surface area contributed by atoms with Crippen LogP contribution in [0.3, 0.4) is 0 Å². The third kappa shape index (κ3) is 6.71. The van der Waals surface area contributed by atoms with E-state index in [1.165, 1.54) is 12.0 Å². The molecule has 0 saturated carbocycles. The van der Waals surface area contributed by atoms with Crippen LogP contribution in [0.15, 0.2) is 30.3 Å². The molecular formula is C12H18NO2S-. The number of aryl methyl sites for hydroxylation is 1. The fourth-order valence-corrected chi connectivity index (χ4v) is 1.92. The van der Waals surface area contributed by atoms with E-state index in [0.717, 1.165) is 25.7 Å². The molecule has 16 heavy (non-hydrogen) atoms. The van der Waals surface area contributed by atoms with Gasteiger partial charge >= 0.3 is 0 Å². The Balaban J connectivity index is 1.94. The fraction of sp³-hybridized carbons (Fsp3) is 0.500. The van der Waals surface area contributed by atoms with E-state index in [1.54, 1.807) is 0 Å². The zero-order chi connectivity index (χ0) is 11.6. The van der Waals surface area contributed by atoms with E-state index in [1.807, 2.05) is 6.07 Å². The Labute approximate surface area is 99.7 Å². The minimum absolute atomic E-state index is 0.557. The summed E-state index contributed by atoms with van der Waals surface area (Å²) in [4.78, 5) is 0. The summed E-state index contributed by atoms with van der Waals surface area (Å²) < 4.78 is 22.7. The van der Waals surface area contributed by atoms with Gasteiger partial charge in [0.05, 0.1) is 0 Å². The van der Waals surface area contributed by atoms with Gasteiger partial charge in [0, 0.05) is 17.8 Å². The highest BCUT2D eigenvalue weighted by atomic mass is 32.2. The van der Waals surface area contributed by atoms with E-state index in [2.05, 4.69) is 29.0 Å². The second kappa shape index (κ2) is 8.44. The lowest BCUT2D eigenvalue weighted by atomic mass is 10.1. The highest BCUT2D eigenvalue weighted by Gasteiger charge is 1.93. The summed E-state index contributed by atoms with van der Waals surface area (Å²) in [7, 11) is 0. The van der Waals surface area contributed by atoms with Crippen LogP contribution < -0.4 is 4.72 Å². The molecular weight excluding hydrogens is 222 g/mol. The average Bonchev–Trinajstić information content (AvgIpc) is 2.29. The second-order valence-corrected chi connectivity index (χ2v) is 4.54. The molecule has 0 bridgehead atoms. The molecule has 3 nitrogen and oxygen atoms in total. The molecule has 1 rings (SSSR count). The van der Waals surface area contributed by atoms with Crippen molar-refractivity contribution < 1.29 is 8.76 Å². The van der Waals surface area contributed by atoms with Crippen LogP contribution in [-0.2, 0) is 17.7 Å². The molecule has 90 valence electrons. The minimum Gasteiger partial charge on any atom is -0.760 e. The van der Waals surface area contributed by atoms with E-state index in [4.69, 9.17) is 0 Å². The predicted molar refractivity (Wildman–Crippen MR) is 65.5 cm³/mol. The number of rotatable bonds is 8. The average molecular weight is 240 g/mol. The van der Waals surface area contributed by atoms with Gasteiger partial charge in [-0.25, -0.2) is 4.72 Å². The van der Waals surface area contributed by atoms with Crippen LogP contribution in [0.4, 0.5) is 0 Å². The van der Waals surface area contributed by atoms with Crippen LogP contribution in [-0.4, -0.2) is 15.3 Å². The molecule has 1 aromatic carbocycles. The lowest BCUT2D eigenvalue weighted by molar-refractivity contribution is 0.518. The second-order valence-electron chi connectivity index (χ2n) is 3.78. The van der Waals surface area contributed by atoms with Crippen molar-refractivity contribution in [1.82, 2.24) is 4.72 Å². The molecule has 0 amide bonds. The summed E-state index contributed by atoms with van der Waals surface area (Å²) in [6.07, 6.45) is 5.44. The Bertz CT molecular complexity index is 303. The molecule has 0 heterocycles. The smallest absolute Gasteiger partial charge is 0.0181 e. The van der Waals surface area contributed by atoms with Crippen LogP contribution in [0.2, 0.25) is 0 Å². The van der Waals surface area contributed by atoms with Gasteiger partial charge in [0.2, 0.25) is 0 Å². The van der Waals surface area contributed by atoms with Crippen LogP contribution in [0.1, 0.15) is 31.2 Å².